The van der Waals surface area contributed by atoms with Crippen LogP contribution in [0.15, 0.2) is 12.3 Å². The van der Waals surface area contributed by atoms with Crippen molar-refractivity contribution in [3.05, 3.63) is 12.3 Å². The van der Waals surface area contributed by atoms with Crippen molar-refractivity contribution >= 4 is 45.8 Å². The lowest BCUT2D eigenvalue weighted by Crippen LogP contribution is -2.41. The molecule has 0 heterocycles. The number of hydrogen-bond acceptors (Lipinski definition) is 3. The van der Waals surface area contributed by atoms with Gasteiger partial charge in [-0.1, -0.05) is 5.70 Å². The molecule has 0 spiro atoms. The summed E-state index contributed by atoms with van der Waals surface area (Å²) < 4.78 is 20.0. The van der Waals surface area contributed by atoms with E-state index in [9.17, 15) is 0 Å². The van der Waals surface area contributed by atoms with E-state index in [-0.39, 0.29) is 9.28 Å². The molecule has 1 atom stereocenters. The Morgan fingerprint density at radius 2 is 2.00 bits per heavy atom. The molecule has 0 radical (unpaired) electrons. The Bertz CT molecular complexity index is 194. The summed E-state index contributed by atoms with van der Waals surface area (Å²) in [6.45, 7) is 10.4. The Kier molecular flexibility index (Phi) is 11.0. The van der Waals surface area contributed by atoms with E-state index in [1.807, 2.05) is 5.70 Å². The van der Waals surface area contributed by atoms with Crippen LogP contribution in [0.3, 0.4) is 0 Å². The van der Waals surface area contributed by atoms with Crippen molar-refractivity contribution in [2.75, 3.05) is 0 Å². The van der Waals surface area contributed by atoms with Crippen molar-refractivity contribution in [1.29, 1.82) is 0 Å². The molecule has 0 rings (SSSR count). The first-order chi connectivity index (χ1) is 6.75. The molecule has 0 aromatic carbocycles. The lowest BCUT2D eigenvalue weighted by molar-refractivity contribution is 0.330. The quantitative estimate of drug-likeness (QED) is 0.551. The SMILES string of the molecule is C=C[SiH](C)O[SiH2][Si](C)(C)O[SiH3].O=[Si](O)O. The molecular formula is C5H20O5Si5. The fraction of sp³-hybridized carbons (Fsp3) is 0.600. The largest absolute Gasteiger partial charge is 0.761 e. The van der Waals surface area contributed by atoms with Crippen molar-refractivity contribution in [2.24, 2.45) is 0 Å². The van der Waals surface area contributed by atoms with Crippen LogP contribution in [0.5, 0.6) is 0 Å². The molecule has 2 N–H and O–H groups in total. The van der Waals surface area contributed by atoms with E-state index in [0.717, 1.165) is 10.5 Å². The topological polar surface area (TPSA) is 76.0 Å². The number of hydrogen-bond donors (Lipinski definition) is 2. The lowest BCUT2D eigenvalue weighted by Gasteiger charge is -2.21. The van der Waals surface area contributed by atoms with Crippen LogP contribution in [-0.2, 0) is 12.7 Å². The predicted molar refractivity (Wildman–Crippen MR) is 72.2 cm³/mol. The first-order valence-electron chi connectivity index (χ1n) is 4.46. The second-order valence-corrected chi connectivity index (χ2v) is 18.7. The summed E-state index contributed by atoms with van der Waals surface area (Å²) in [4.78, 5) is 14.3. The van der Waals surface area contributed by atoms with E-state index in [1.54, 1.807) is 0 Å². The van der Waals surface area contributed by atoms with Gasteiger partial charge in [0.15, 0.2) is 26.2 Å². The highest BCUT2D eigenvalue weighted by Gasteiger charge is 2.21. The summed E-state index contributed by atoms with van der Waals surface area (Å²) in [6.07, 6.45) is 0. The molecular weight excluding hydrogens is 280 g/mol. The van der Waals surface area contributed by atoms with Gasteiger partial charge in [-0.05, 0) is 19.6 Å². The van der Waals surface area contributed by atoms with Gasteiger partial charge in [0.2, 0.25) is 0 Å². The summed E-state index contributed by atoms with van der Waals surface area (Å²) in [5.41, 5.74) is 1.98. The molecule has 0 bridgehead atoms. The first kappa shape index (κ1) is 17.5. The molecule has 15 heavy (non-hydrogen) atoms. The smallest absolute Gasteiger partial charge is 0.511 e. The van der Waals surface area contributed by atoms with Gasteiger partial charge in [0.05, 0.1) is 0 Å². The molecule has 0 amide bonds. The predicted octanol–water partition coefficient (Wildman–Crippen LogP) is -2.45. The Hall–Kier alpha value is 0.144. The molecule has 1 unspecified atom stereocenters. The van der Waals surface area contributed by atoms with Crippen LogP contribution in [0.1, 0.15) is 0 Å². The zero-order valence-electron chi connectivity index (χ0n) is 9.69. The van der Waals surface area contributed by atoms with Gasteiger partial charge in [-0.15, -0.1) is 6.58 Å². The van der Waals surface area contributed by atoms with E-state index in [2.05, 4.69) is 26.2 Å². The Balaban J connectivity index is 0. The van der Waals surface area contributed by atoms with E-state index >= 15 is 0 Å². The maximum absolute atomic E-state index is 8.74. The van der Waals surface area contributed by atoms with Gasteiger partial charge in [0.1, 0.15) is 10.5 Å². The summed E-state index contributed by atoms with van der Waals surface area (Å²) in [6, 6.07) is 0. The van der Waals surface area contributed by atoms with Crippen molar-refractivity contribution in [3.8, 4) is 0 Å². The van der Waals surface area contributed by atoms with Crippen LogP contribution in [-0.4, -0.2) is 55.4 Å². The van der Waals surface area contributed by atoms with Crippen molar-refractivity contribution in [3.63, 3.8) is 0 Å². The molecule has 0 aliphatic carbocycles. The van der Waals surface area contributed by atoms with Crippen LogP contribution in [0, 0.1) is 0 Å². The summed E-state index contributed by atoms with van der Waals surface area (Å²) in [5.74, 6) is 0. The minimum atomic E-state index is -3.13. The van der Waals surface area contributed by atoms with E-state index in [0.29, 0.717) is 0 Å². The third-order valence-corrected chi connectivity index (χ3v) is 16.3. The molecule has 0 aromatic heterocycles. The fourth-order valence-corrected chi connectivity index (χ4v) is 11.2. The molecule has 0 fully saturated rings. The summed E-state index contributed by atoms with van der Waals surface area (Å²) in [5, 5.41) is 0. The number of rotatable bonds is 5. The second-order valence-electron chi connectivity index (χ2n) is 3.50. The lowest BCUT2D eigenvalue weighted by atomic mass is 11.3. The normalized spacial score (nSPS) is 13.3. The molecule has 5 nitrogen and oxygen atoms in total. The van der Waals surface area contributed by atoms with Crippen molar-refractivity contribution < 1.29 is 22.3 Å². The van der Waals surface area contributed by atoms with Gasteiger partial charge < -0.3 is 17.8 Å². The Morgan fingerprint density at radius 1 is 1.60 bits per heavy atom. The van der Waals surface area contributed by atoms with Gasteiger partial charge in [-0.3, -0.25) is 4.46 Å². The fourth-order valence-electron chi connectivity index (χ4n) is 0.459. The summed E-state index contributed by atoms with van der Waals surface area (Å²) >= 11 is 0. The molecule has 90 valence electrons. The van der Waals surface area contributed by atoms with E-state index < -0.39 is 26.0 Å². The van der Waals surface area contributed by atoms with Crippen molar-refractivity contribution in [1.82, 2.24) is 0 Å². The highest BCUT2D eigenvalue weighted by molar-refractivity contribution is 7.19. The molecule has 0 aliphatic heterocycles. The highest BCUT2D eigenvalue weighted by atomic mass is 29.2. The van der Waals surface area contributed by atoms with Crippen LogP contribution in [0.25, 0.3) is 0 Å². The van der Waals surface area contributed by atoms with Crippen LogP contribution in [0.4, 0.5) is 0 Å². The average Bonchev–Trinajstić information content (AvgIpc) is 2.13. The van der Waals surface area contributed by atoms with Crippen LogP contribution < -0.4 is 0 Å². The minimum absolute atomic E-state index is 0.377. The maximum Gasteiger partial charge on any atom is 0.761 e. The third kappa shape index (κ3) is 16.8. The first-order valence-corrected chi connectivity index (χ1v) is 14.7. The second kappa shape index (κ2) is 9.38. The summed E-state index contributed by atoms with van der Waals surface area (Å²) in [7, 11) is -4.93. The maximum atomic E-state index is 8.74. The molecule has 0 aliphatic rings. The third-order valence-electron chi connectivity index (χ3n) is 1.58. The molecule has 0 saturated heterocycles. The monoisotopic (exact) mass is 300 g/mol. The van der Waals surface area contributed by atoms with Gasteiger partial charge >= 0.3 is 9.17 Å². The molecule has 10 heteroatoms. The Morgan fingerprint density at radius 3 is 2.27 bits per heavy atom. The van der Waals surface area contributed by atoms with Gasteiger partial charge in [-0.25, -0.2) is 0 Å². The zero-order chi connectivity index (χ0) is 12.5. The van der Waals surface area contributed by atoms with Crippen LogP contribution in [0.2, 0.25) is 19.6 Å². The Labute approximate surface area is 100 Å². The minimum Gasteiger partial charge on any atom is -0.511 e. The average molecular weight is 301 g/mol. The van der Waals surface area contributed by atoms with E-state index in [4.69, 9.17) is 22.3 Å². The molecule has 0 saturated carbocycles. The standard InChI is InChI=1S/C5H18O2Si4.H2O3Si/c1-5-10(2)7-9-11(3,4)6-8;1-4(2)3/h5,10H,1,9H2,2-4,8H3;1-2H. The zero-order valence-corrected chi connectivity index (χ0v) is 16.3. The van der Waals surface area contributed by atoms with Crippen LogP contribution >= 0.6 is 0 Å². The van der Waals surface area contributed by atoms with Gasteiger partial charge in [0, 0.05) is 0 Å². The van der Waals surface area contributed by atoms with Crippen molar-refractivity contribution in [2.45, 2.75) is 19.6 Å². The highest BCUT2D eigenvalue weighted by Crippen LogP contribution is 2.00. The molecule has 0 aromatic rings. The van der Waals surface area contributed by atoms with E-state index in [1.165, 1.54) is 0 Å². The van der Waals surface area contributed by atoms with Gasteiger partial charge in [0.25, 0.3) is 0 Å². The van der Waals surface area contributed by atoms with Gasteiger partial charge in [-0.2, -0.15) is 0 Å².